The van der Waals surface area contributed by atoms with Gasteiger partial charge in [0.05, 0.1) is 0 Å². The zero-order valence-corrected chi connectivity index (χ0v) is 14.6. The molecule has 0 aliphatic rings. The van der Waals surface area contributed by atoms with E-state index in [1.165, 1.54) is 17.2 Å². The Bertz CT molecular complexity index is 872. The van der Waals surface area contributed by atoms with Gasteiger partial charge in [0.2, 0.25) is 5.95 Å². The normalized spacial score (nSPS) is 10.6. The number of aromatic nitrogens is 2. The summed E-state index contributed by atoms with van der Waals surface area (Å²) in [5.41, 5.74) is 4.73. The van der Waals surface area contributed by atoms with E-state index >= 15 is 0 Å². The predicted molar refractivity (Wildman–Crippen MR) is 99.7 cm³/mol. The molecule has 0 atom stereocenters. The van der Waals surface area contributed by atoms with Gasteiger partial charge in [0.1, 0.15) is 11.6 Å². The average molecular weight is 336 g/mol. The quantitative estimate of drug-likeness (QED) is 0.696. The fourth-order valence-corrected chi connectivity index (χ4v) is 2.72. The molecule has 0 saturated carbocycles. The summed E-state index contributed by atoms with van der Waals surface area (Å²) in [5.74, 6) is 0.943. The first kappa shape index (κ1) is 16.9. The Morgan fingerprint density at radius 2 is 1.64 bits per heavy atom. The maximum Gasteiger partial charge on any atom is 0.229 e. The lowest BCUT2D eigenvalue weighted by atomic mass is 10.1. The minimum atomic E-state index is -0.227. The molecule has 0 unspecified atom stereocenters. The van der Waals surface area contributed by atoms with Gasteiger partial charge in [0, 0.05) is 29.6 Å². The van der Waals surface area contributed by atoms with Crippen LogP contribution in [0.3, 0.4) is 0 Å². The summed E-state index contributed by atoms with van der Waals surface area (Å²) in [4.78, 5) is 8.90. The van der Waals surface area contributed by atoms with E-state index in [0.717, 1.165) is 11.4 Å². The molecule has 25 heavy (non-hydrogen) atoms. The van der Waals surface area contributed by atoms with Gasteiger partial charge in [-0.05, 0) is 50.1 Å². The molecule has 2 aromatic carbocycles. The first-order chi connectivity index (χ1) is 12.0. The van der Waals surface area contributed by atoms with Crippen LogP contribution in [0, 0.1) is 26.6 Å². The van der Waals surface area contributed by atoms with Crippen molar-refractivity contribution in [3.63, 3.8) is 0 Å². The molecule has 0 aliphatic carbocycles. The first-order valence-corrected chi connectivity index (χ1v) is 8.18. The van der Waals surface area contributed by atoms with Crippen LogP contribution < -0.4 is 10.6 Å². The highest BCUT2D eigenvalue weighted by Crippen LogP contribution is 2.19. The van der Waals surface area contributed by atoms with Crippen molar-refractivity contribution in [3.05, 3.63) is 76.7 Å². The zero-order valence-electron chi connectivity index (χ0n) is 14.6. The van der Waals surface area contributed by atoms with Gasteiger partial charge in [-0.2, -0.15) is 4.98 Å². The molecule has 0 spiro atoms. The Morgan fingerprint density at radius 1 is 0.920 bits per heavy atom. The number of hydrogen-bond acceptors (Lipinski definition) is 4. The summed E-state index contributed by atoms with van der Waals surface area (Å²) in [7, 11) is 0. The SMILES string of the molecule is Cc1cc(C)cc(Nc2nc(C)cc(NCc3ccccc3F)n2)c1. The molecule has 128 valence electrons. The Balaban J connectivity index is 1.77. The Kier molecular flexibility index (Phi) is 4.93. The third-order valence-electron chi connectivity index (χ3n) is 3.75. The molecular formula is C20H21FN4. The van der Waals surface area contributed by atoms with Gasteiger partial charge in [-0.3, -0.25) is 0 Å². The van der Waals surface area contributed by atoms with Gasteiger partial charge < -0.3 is 10.6 Å². The second-order valence-electron chi connectivity index (χ2n) is 6.16. The van der Waals surface area contributed by atoms with Crippen LogP contribution in [0.2, 0.25) is 0 Å². The van der Waals surface area contributed by atoms with Crippen LogP contribution in [0.25, 0.3) is 0 Å². The lowest BCUT2D eigenvalue weighted by Gasteiger charge is -2.11. The minimum Gasteiger partial charge on any atom is -0.366 e. The van der Waals surface area contributed by atoms with E-state index in [9.17, 15) is 4.39 Å². The highest BCUT2D eigenvalue weighted by molar-refractivity contribution is 5.57. The maximum atomic E-state index is 13.7. The minimum absolute atomic E-state index is 0.227. The molecule has 5 heteroatoms. The molecule has 2 N–H and O–H groups in total. The molecule has 0 radical (unpaired) electrons. The van der Waals surface area contributed by atoms with E-state index in [-0.39, 0.29) is 5.82 Å². The third-order valence-corrected chi connectivity index (χ3v) is 3.75. The molecule has 0 amide bonds. The maximum absolute atomic E-state index is 13.7. The predicted octanol–water partition coefficient (Wildman–Crippen LogP) is 4.90. The average Bonchev–Trinajstić information content (AvgIpc) is 2.52. The van der Waals surface area contributed by atoms with Crippen LogP contribution in [0.5, 0.6) is 0 Å². The number of nitrogens with one attached hydrogen (secondary N) is 2. The van der Waals surface area contributed by atoms with Crippen molar-refractivity contribution >= 4 is 17.5 Å². The number of anilines is 3. The van der Waals surface area contributed by atoms with Gasteiger partial charge >= 0.3 is 0 Å². The van der Waals surface area contributed by atoms with Crippen LogP contribution in [0.1, 0.15) is 22.4 Å². The molecule has 0 fully saturated rings. The van der Waals surface area contributed by atoms with E-state index < -0.39 is 0 Å². The van der Waals surface area contributed by atoms with Crippen molar-refractivity contribution < 1.29 is 4.39 Å². The van der Waals surface area contributed by atoms with Crippen LogP contribution in [-0.2, 0) is 6.54 Å². The van der Waals surface area contributed by atoms with E-state index in [0.29, 0.717) is 23.9 Å². The van der Waals surface area contributed by atoms with Gasteiger partial charge in [-0.1, -0.05) is 24.3 Å². The van der Waals surface area contributed by atoms with E-state index in [4.69, 9.17) is 0 Å². The number of rotatable bonds is 5. The molecule has 0 aliphatic heterocycles. The lowest BCUT2D eigenvalue weighted by Crippen LogP contribution is -2.06. The number of halogens is 1. The highest BCUT2D eigenvalue weighted by atomic mass is 19.1. The molecule has 0 saturated heterocycles. The van der Waals surface area contributed by atoms with Crippen molar-refractivity contribution in [2.75, 3.05) is 10.6 Å². The van der Waals surface area contributed by atoms with Gasteiger partial charge in [0.25, 0.3) is 0 Å². The number of aryl methyl sites for hydroxylation is 3. The van der Waals surface area contributed by atoms with Gasteiger partial charge in [0.15, 0.2) is 0 Å². The van der Waals surface area contributed by atoms with Crippen molar-refractivity contribution in [3.8, 4) is 0 Å². The molecule has 0 bridgehead atoms. The third kappa shape index (κ3) is 4.53. The standard InChI is InChI=1S/C20H21FN4/c1-13-8-14(2)10-17(9-13)24-20-23-15(3)11-19(25-20)22-12-16-6-4-5-7-18(16)21/h4-11H,12H2,1-3H3,(H2,22,23,24,25). The fraction of sp³-hybridized carbons (Fsp3) is 0.200. The van der Waals surface area contributed by atoms with E-state index in [2.05, 4.69) is 40.5 Å². The summed E-state index contributed by atoms with van der Waals surface area (Å²) >= 11 is 0. The number of hydrogen-bond donors (Lipinski definition) is 2. The zero-order chi connectivity index (χ0) is 17.8. The molecule has 4 nitrogen and oxygen atoms in total. The smallest absolute Gasteiger partial charge is 0.229 e. The largest absolute Gasteiger partial charge is 0.366 e. The first-order valence-electron chi connectivity index (χ1n) is 8.18. The van der Waals surface area contributed by atoms with Crippen LogP contribution in [0.15, 0.2) is 48.5 Å². The van der Waals surface area contributed by atoms with Crippen molar-refractivity contribution in [2.45, 2.75) is 27.3 Å². The summed E-state index contributed by atoms with van der Waals surface area (Å²) in [5, 5.41) is 6.40. The molecule has 1 heterocycles. The van der Waals surface area contributed by atoms with E-state index in [1.54, 1.807) is 12.1 Å². The van der Waals surface area contributed by atoms with Crippen molar-refractivity contribution in [2.24, 2.45) is 0 Å². The monoisotopic (exact) mass is 336 g/mol. The second kappa shape index (κ2) is 7.30. The van der Waals surface area contributed by atoms with Crippen LogP contribution >= 0.6 is 0 Å². The van der Waals surface area contributed by atoms with Gasteiger partial charge in [-0.25, -0.2) is 9.37 Å². The number of nitrogens with zero attached hydrogens (tertiary/aromatic N) is 2. The lowest BCUT2D eigenvalue weighted by molar-refractivity contribution is 0.613. The highest BCUT2D eigenvalue weighted by Gasteiger charge is 2.05. The van der Waals surface area contributed by atoms with Crippen LogP contribution in [0.4, 0.5) is 21.8 Å². The fourth-order valence-electron chi connectivity index (χ4n) is 2.72. The summed E-state index contributed by atoms with van der Waals surface area (Å²) in [6.07, 6.45) is 0. The van der Waals surface area contributed by atoms with E-state index in [1.807, 2.05) is 31.2 Å². The van der Waals surface area contributed by atoms with Crippen molar-refractivity contribution in [1.82, 2.24) is 9.97 Å². The van der Waals surface area contributed by atoms with Crippen molar-refractivity contribution in [1.29, 1.82) is 0 Å². The Morgan fingerprint density at radius 3 is 2.36 bits per heavy atom. The second-order valence-corrected chi connectivity index (χ2v) is 6.16. The molecule has 3 aromatic rings. The summed E-state index contributed by atoms with van der Waals surface area (Å²) in [6, 6.07) is 14.8. The number of benzene rings is 2. The molecular weight excluding hydrogens is 315 g/mol. The topological polar surface area (TPSA) is 49.8 Å². The van der Waals surface area contributed by atoms with Gasteiger partial charge in [-0.15, -0.1) is 0 Å². The summed E-state index contributed by atoms with van der Waals surface area (Å²) < 4.78 is 13.7. The Labute approximate surface area is 147 Å². The molecule has 1 aromatic heterocycles. The molecule has 3 rings (SSSR count). The van der Waals surface area contributed by atoms with Crippen LogP contribution in [-0.4, -0.2) is 9.97 Å². The Hall–Kier alpha value is -2.95. The summed E-state index contributed by atoms with van der Waals surface area (Å²) in [6.45, 7) is 6.38.